The molecule has 0 aromatic heterocycles. The maximum absolute atomic E-state index is 10.9. The summed E-state index contributed by atoms with van der Waals surface area (Å²) in [4.78, 5) is 10.9. The highest BCUT2D eigenvalue weighted by Crippen LogP contribution is 2.31. The van der Waals surface area contributed by atoms with Crippen LogP contribution in [0.4, 0.5) is 0 Å². The summed E-state index contributed by atoms with van der Waals surface area (Å²) in [6.45, 7) is 1.66. The average Bonchev–Trinajstić information content (AvgIpc) is 2.23. The molecule has 0 aliphatic carbocycles. The van der Waals surface area contributed by atoms with Crippen molar-refractivity contribution in [2.24, 2.45) is 5.73 Å². The molecular weight excluding hydrogens is 210 g/mol. The van der Waals surface area contributed by atoms with Crippen LogP contribution < -0.4 is 10.5 Å². The van der Waals surface area contributed by atoms with Gasteiger partial charge in [0.1, 0.15) is 11.5 Å². The molecule has 1 aromatic carbocycles. The Morgan fingerprint density at radius 2 is 2.19 bits per heavy atom. The first-order chi connectivity index (χ1) is 7.51. The molecule has 5 heteroatoms. The van der Waals surface area contributed by atoms with Gasteiger partial charge in [-0.15, -0.1) is 0 Å². The number of carboxylic acids is 1. The number of methoxy groups -OCH3 is 1. The number of rotatable bonds is 4. The Morgan fingerprint density at radius 1 is 1.56 bits per heavy atom. The second kappa shape index (κ2) is 4.85. The van der Waals surface area contributed by atoms with E-state index in [0.29, 0.717) is 16.9 Å². The van der Waals surface area contributed by atoms with E-state index >= 15 is 0 Å². The molecule has 0 saturated carbocycles. The van der Waals surface area contributed by atoms with Gasteiger partial charge in [0, 0.05) is 12.1 Å². The Balaban J connectivity index is 3.24. The molecule has 1 atom stereocenters. The largest absolute Gasteiger partial charge is 0.508 e. The highest BCUT2D eigenvalue weighted by Gasteiger charge is 2.20. The Kier molecular flexibility index (Phi) is 3.73. The molecule has 0 fully saturated rings. The van der Waals surface area contributed by atoms with Crippen molar-refractivity contribution in [3.8, 4) is 11.5 Å². The third-order valence-corrected chi connectivity index (χ3v) is 2.51. The standard InChI is InChI=1S/C11H15NO4/c1-6-9(13)3-7(4-10(6)16-2)8(5-12)11(14)15/h3-4,8,13H,5,12H2,1-2H3,(H,14,15). The maximum atomic E-state index is 10.9. The van der Waals surface area contributed by atoms with E-state index in [2.05, 4.69) is 0 Å². The van der Waals surface area contributed by atoms with Crippen molar-refractivity contribution in [3.05, 3.63) is 23.3 Å². The van der Waals surface area contributed by atoms with Crippen LogP contribution in [0.15, 0.2) is 12.1 Å². The van der Waals surface area contributed by atoms with Gasteiger partial charge in [-0.25, -0.2) is 0 Å². The van der Waals surface area contributed by atoms with Crippen molar-refractivity contribution in [1.82, 2.24) is 0 Å². The Bertz CT molecular complexity index is 403. The normalized spacial score (nSPS) is 12.2. The number of aliphatic carboxylic acids is 1. The number of phenolic OH excluding ortho intramolecular Hbond substituents is 1. The van der Waals surface area contributed by atoms with E-state index in [-0.39, 0.29) is 12.3 Å². The monoisotopic (exact) mass is 225 g/mol. The van der Waals surface area contributed by atoms with Crippen molar-refractivity contribution in [3.63, 3.8) is 0 Å². The summed E-state index contributed by atoms with van der Waals surface area (Å²) in [7, 11) is 1.46. The van der Waals surface area contributed by atoms with Crippen molar-refractivity contribution in [2.45, 2.75) is 12.8 Å². The van der Waals surface area contributed by atoms with Crippen LogP contribution in [0.5, 0.6) is 11.5 Å². The molecule has 5 nitrogen and oxygen atoms in total. The van der Waals surface area contributed by atoms with Crippen LogP contribution in [0.25, 0.3) is 0 Å². The minimum Gasteiger partial charge on any atom is -0.508 e. The number of hydrogen-bond donors (Lipinski definition) is 3. The summed E-state index contributed by atoms with van der Waals surface area (Å²) in [5.74, 6) is -1.39. The summed E-state index contributed by atoms with van der Waals surface area (Å²) in [5.41, 5.74) is 6.40. The van der Waals surface area contributed by atoms with Gasteiger partial charge in [-0.3, -0.25) is 4.79 Å². The number of carbonyl (C=O) groups is 1. The predicted octanol–water partition coefficient (Wildman–Crippen LogP) is 0.836. The zero-order valence-corrected chi connectivity index (χ0v) is 9.23. The molecule has 0 saturated heterocycles. The smallest absolute Gasteiger partial charge is 0.312 e. The number of ether oxygens (including phenoxy) is 1. The average molecular weight is 225 g/mol. The fourth-order valence-corrected chi connectivity index (χ4v) is 1.49. The molecule has 16 heavy (non-hydrogen) atoms. The Morgan fingerprint density at radius 3 is 2.62 bits per heavy atom. The van der Waals surface area contributed by atoms with Gasteiger partial charge < -0.3 is 20.7 Å². The lowest BCUT2D eigenvalue weighted by molar-refractivity contribution is -0.138. The topological polar surface area (TPSA) is 92.8 Å². The quantitative estimate of drug-likeness (QED) is 0.706. The Labute approximate surface area is 93.5 Å². The molecule has 0 spiro atoms. The van der Waals surface area contributed by atoms with Crippen molar-refractivity contribution >= 4 is 5.97 Å². The van der Waals surface area contributed by atoms with Crippen molar-refractivity contribution in [2.75, 3.05) is 13.7 Å². The first-order valence-electron chi connectivity index (χ1n) is 4.81. The van der Waals surface area contributed by atoms with Crippen LogP contribution >= 0.6 is 0 Å². The number of nitrogens with two attached hydrogens (primary N) is 1. The second-order valence-corrected chi connectivity index (χ2v) is 3.49. The van der Waals surface area contributed by atoms with Crippen LogP contribution in [0, 0.1) is 6.92 Å². The summed E-state index contributed by atoms with van der Waals surface area (Å²) < 4.78 is 5.05. The summed E-state index contributed by atoms with van der Waals surface area (Å²) in [6, 6.07) is 2.99. The van der Waals surface area contributed by atoms with Gasteiger partial charge in [0.2, 0.25) is 0 Å². The number of aromatic hydroxyl groups is 1. The van der Waals surface area contributed by atoms with E-state index < -0.39 is 11.9 Å². The number of carboxylic acid groups (broad SMARTS) is 1. The third-order valence-electron chi connectivity index (χ3n) is 2.51. The lowest BCUT2D eigenvalue weighted by Gasteiger charge is -2.14. The van der Waals surface area contributed by atoms with E-state index in [9.17, 15) is 9.90 Å². The fraction of sp³-hybridized carbons (Fsp3) is 0.364. The van der Waals surface area contributed by atoms with Gasteiger partial charge in [-0.05, 0) is 24.6 Å². The summed E-state index contributed by atoms with van der Waals surface area (Å²) in [5, 5.41) is 18.6. The molecule has 1 unspecified atom stereocenters. The molecular formula is C11H15NO4. The Hall–Kier alpha value is -1.75. The molecule has 0 heterocycles. The first-order valence-corrected chi connectivity index (χ1v) is 4.81. The minimum atomic E-state index is -1.02. The highest BCUT2D eigenvalue weighted by molar-refractivity contribution is 5.77. The van der Waals surface area contributed by atoms with E-state index in [1.165, 1.54) is 13.2 Å². The van der Waals surface area contributed by atoms with Crippen LogP contribution in [0.3, 0.4) is 0 Å². The van der Waals surface area contributed by atoms with Gasteiger partial charge in [-0.1, -0.05) is 0 Å². The third kappa shape index (κ3) is 2.25. The fourth-order valence-electron chi connectivity index (χ4n) is 1.49. The second-order valence-electron chi connectivity index (χ2n) is 3.49. The first kappa shape index (κ1) is 12.3. The van der Waals surface area contributed by atoms with Crippen LogP contribution in [0.1, 0.15) is 17.0 Å². The number of hydrogen-bond acceptors (Lipinski definition) is 4. The van der Waals surface area contributed by atoms with E-state index in [1.54, 1.807) is 13.0 Å². The zero-order chi connectivity index (χ0) is 12.3. The molecule has 0 aliphatic rings. The highest BCUT2D eigenvalue weighted by atomic mass is 16.5. The summed E-state index contributed by atoms with van der Waals surface area (Å²) >= 11 is 0. The molecule has 0 radical (unpaired) electrons. The molecule has 0 amide bonds. The van der Waals surface area contributed by atoms with Crippen LogP contribution in [-0.4, -0.2) is 29.8 Å². The van der Waals surface area contributed by atoms with Crippen LogP contribution in [-0.2, 0) is 4.79 Å². The van der Waals surface area contributed by atoms with Gasteiger partial charge in [0.25, 0.3) is 0 Å². The van der Waals surface area contributed by atoms with Gasteiger partial charge in [0.05, 0.1) is 13.0 Å². The van der Waals surface area contributed by atoms with Gasteiger partial charge >= 0.3 is 5.97 Å². The lowest BCUT2D eigenvalue weighted by atomic mass is 9.97. The molecule has 4 N–H and O–H groups in total. The van der Waals surface area contributed by atoms with Gasteiger partial charge in [-0.2, -0.15) is 0 Å². The maximum Gasteiger partial charge on any atom is 0.312 e. The SMILES string of the molecule is COc1cc(C(CN)C(=O)O)cc(O)c1C. The van der Waals surface area contributed by atoms with E-state index in [1.807, 2.05) is 0 Å². The predicted molar refractivity (Wildman–Crippen MR) is 58.8 cm³/mol. The molecule has 1 aromatic rings. The lowest BCUT2D eigenvalue weighted by Crippen LogP contribution is -2.21. The number of benzene rings is 1. The van der Waals surface area contributed by atoms with E-state index in [4.69, 9.17) is 15.6 Å². The van der Waals surface area contributed by atoms with Crippen LogP contribution in [0.2, 0.25) is 0 Å². The van der Waals surface area contributed by atoms with Gasteiger partial charge in [0.15, 0.2) is 0 Å². The zero-order valence-electron chi connectivity index (χ0n) is 9.23. The molecule has 0 aliphatic heterocycles. The molecule has 88 valence electrons. The minimum absolute atomic E-state index is 0.00838. The summed E-state index contributed by atoms with van der Waals surface area (Å²) in [6.07, 6.45) is 0. The van der Waals surface area contributed by atoms with E-state index in [0.717, 1.165) is 0 Å². The molecule has 0 bridgehead atoms. The van der Waals surface area contributed by atoms with Crippen molar-refractivity contribution in [1.29, 1.82) is 0 Å². The van der Waals surface area contributed by atoms with Crippen molar-refractivity contribution < 1.29 is 19.7 Å². The number of phenols is 1. The molecule has 1 rings (SSSR count).